The zero-order chi connectivity index (χ0) is 18.5. The van der Waals surface area contributed by atoms with Crippen molar-refractivity contribution in [3.05, 3.63) is 89.2 Å². The molecule has 0 saturated carbocycles. The molecule has 3 aromatic rings. The molecule has 4 nitrogen and oxygen atoms in total. The molecule has 0 bridgehead atoms. The third kappa shape index (κ3) is 2.42. The van der Waals surface area contributed by atoms with Gasteiger partial charge < -0.3 is 0 Å². The van der Waals surface area contributed by atoms with Crippen LogP contribution in [-0.2, 0) is 10.0 Å². The first-order valence-electron chi connectivity index (χ1n) is 8.54. The smallest absolute Gasteiger partial charge is 0.268 e. The maximum Gasteiger partial charge on any atom is 0.268 e. The van der Waals surface area contributed by atoms with Gasteiger partial charge in [-0.2, -0.15) is 0 Å². The van der Waals surface area contributed by atoms with Crippen LogP contribution in [0.2, 0.25) is 0 Å². The fourth-order valence-corrected chi connectivity index (χ4v) is 5.08. The zero-order valence-electron chi connectivity index (χ0n) is 14.6. The highest BCUT2D eigenvalue weighted by Gasteiger charge is 2.42. The van der Waals surface area contributed by atoms with Crippen LogP contribution in [0.5, 0.6) is 0 Å². The van der Waals surface area contributed by atoms with E-state index in [1.54, 1.807) is 30.3 Å². The Morgan fingerprint density at radius 2 is 1.58 bits per heavy atom. The van der Waals surface area contributed by atoms with Crippen molar-refractivity contribution in [3.63, 3.8) is 0 Å². The van der Waals surface area contributed by atoms with Gasteiger partial charge in [-0.3, -0.25) is 4.79 Å². The van der Waals surface area contributed by atoms with E-state index in [0.717, 1.165) is 20.7 Å². The molecule has 1 heterocycles. The van der Waals surface area contributed by atoms with E-state index >= 15 is 0 Å². The van der Waals surface area contributed by atoms with Gasteiger partial charge in [-0.15, -0.1) is 0 Å². The van der Waals surface area contributed by atoms with E-state index in [0.29, 0.717) is 0 Å². The lowest BCUT2D eigenvalue weighted by molar-refractivity contribution is 0.0934. The molecule has 26 heavy (non-hydrogen) atoms. The average Bonchev–Trinajstić information content (AvgIpc) is 3.16. The van der Waals surface area contributed by atoms with Gasteiger partial charge in [0, 0.05) is 18.0 Å². The predicted octanol–water partition coefficient (Wildman–Crippen LogP) is 4.00. The number of hydrogen-bond donors (Lipinski definition) is 0. The second kappa shape index (κ2) is 5.95. The molecule has 132 valence electrons. The lowest BCUT2D eigenvalue weighted by Gasteiger charge is -2.15. The van der Waals surface area contributed by atoms with Crippen LogP contribution < -0.4 is 0 Å². The van der Waals surface area contributed by atoms with Gasteiger partial charge in [-0.1, -0.05) is 55.0 Å². The van der Waals surface area contributed by atoms with Gasteiger partial charge in [-0.25, -0.2) is 12.4 Å². The molecule has 4 rings (SSSR count). The fourth-order valence-electron chi connectivity index (χ4n) is 3.72. The summed E-state index contributed by atoms with van der Waals surface area (Å²) in [6.07, 6.45) is 1.50. The van der Waals surface area contributed by atoms with E-state index < -0.39 is 10.0 Å². The van der Waals surface area contributed by atoms with Crippen molar-refractivity contribution < 1.29 is 13.2 Å². The molecule has 0 unspecified atom stereocenters. The Bertz CT molecular complexity index is 1080. The van der Waals surface area contributed by atoms with E-state index in [2.05, 4.69) is 0 Å². The number of carbonyl (C=O) groups excluding carboxylic acids is 1. The molecule has 0 aliphatic heterocycles. The van der Waals surface area contributed by atoms with E-state index in [1.807, 2.05) is 44.2 Å². The van der Waals surface area contributed by atoms with Crippen molar-refractivity contribution in [3.8, 4) is 0 Å². The van der Waals surface area contributed by atoms with Gasteiger partial charge in [0.2, 0.25) is 0 Å². The maximum absolute atomic E-state index is 13.1. The Kier molecular flexibility index (Phi) is 3.84. The molecule has 1 aliphatic carbocycles. The second-order valence-corrected chi connectivity index (χ2v) is 8.59. The molecule has 2 atom stereocenters. The van der Waals surface area contributed by atoms with Gasteiger partial charge in [0.25, 0.3) is 10.0 Å². The summed E-state index contributed by atoms with van der Waals surface area (Å²) in [7, 11) is -3.80. The molecular weight excluding hydrogens is 346 g/mol. The Morgan fingerprint density at radius 3 is 2.23 bits per heavy atom. The van der Waals surface area contributed by atoms with Crippen molar-refractivity contribution in [1.29, 1.82) is 0 Å². The summed E-state index contributed by atoms with van der Waals surface area (Å²) in [5, 5.41) is 0. The van der Waals surface area contributed by atoms with Gasteiger partial charge in [0.15, 0.2) is 5.78 Å². The van der Waals surface area contributed by atoms with Gasteiger partial charge >= 0.3 is 0 Å². The normalized spacial score (nSPS) is 19.5. The number of hydrogen-bond acceptors (Lipinski definition) is 3. The first-order chi connectivity index (χ1) is 12.4. The van der Waals surface area contributed by atoms with Gasteiger partial charge in [-0.05, 0) is 36.2 Å². The molecule has 1 aromatic heterocycles. The van der Waals surface area contributed by atoms with Gasteiger partial charge in [0.1, 0.15) is 5.69 Å². The SMILES string of the molecule is Cc1ccc(S(=O)(=O)n2ccc3c2C(=O)[C@@H](C)[C@@H]3c2ccccc2)cc1. The number of fused-ring (bicyclic) bond motifs is 1. The highest BCUT2D eigenvalue weighted by molar-refractivity contribution is 7.90. The summed E-state index contributed by atoms with van der Waals surface area (Å²) in [5.74, 6) is -0.536. The molecule has 0 fully saturated rings. The van der Waals surface area contributed by atoms with Crippen LogP contribution in [0.25, 0.3) is 0 Å². The zero-order valence-corrected chi connectivity index (χ0v) is 15.4. The van der Waals surface area contributed by atoms with E-state index in [-0.39, 0.29) is 28.2 Å². The minimum Gasteiger partial charge on any atom is -0.292 e. The molecule has 0 saturated heterocycles. The highest BCUT2D eigenvalue weighted by Crippen LogP contribution is 2.43. The predicted molar refractivity (Wildman–Crippen MR) is 100.0 cm³/mol. The number of benzene rings is 2. The molecule has 2 aromatic carbocycles. The van der Waals surface area contributed by atoms with Crippen LogP contribution in [0.15, 0.2) is 71.8 Å². The third-order valence-electron chi connectivity index (χ3n) is 5.10. The van der Waals surface area contributed by atoms with Crippen molar-refractivity contribution in [2.45, 2.75) is 24.7 Å². The summed E-state index contributed by atoms with van der Waals surface area (Å²) in [5.41, 5.74) is 3.07. The Balaban J connectivity index is 1.86. The quantitative estimate of drug-likeness (QED) is 0.705. The summed E-state index contributed by atoms with van der Waals surface area (Å²) in [6, 6.07) is 18.2. The molecule has 0 spiro atoms. The summed E-state index contributed by atoms with van der Waals surface area (Å²) in [4.78, 5) is 13.1. The molecule has 0 N–H and O–H groups in total. The highest BCUT2D eigenvalue weighted by atomic mass is 32.2. The molecule has 0 radical (unpaired) electrons. The molecule has 1 aliphatic rings. The van der Waals surface area contributed by atoms with Crippen molar-refractivity contribution in [2.75, 3.05) is 0 Å². The average molecular weight is 365 g/mol. The number of carbonyl (C=O) groups is 1. The monoisotopic (exact) mass is 365 g/mol. The first-order valence-corrected chi connectivity index (χ1v) is 9.98. The number of Topliss-reactive ketones (excluding diaryl/α,β-unsaturated/α-hetero) is 1. The summed E-state index contributed by atoms with van der Waals surface area (Å²) >= 11 is 0. The maximum atomic E-state index is 13.1. The Hall–Kier alpha value is -2.66. The van der Waals surface area contributed by atoms with E-state index in [9.17, 15) is 13.2 Å². The second-order valence-electron chi connectivity index (χ2n) is 6.77. The minimum absolute atomic E-state index is 0.117. The van der Waals surface area contributed by atoms with Gasteiger partial charge in [0.05, 0.1) is 4.90 Å². The van der Waals surface area contributed by atoms with Crippen molar-refractivity contribution >= 4 is 15.8 Å². The first kappa shape index (κ1) is 16.8. The number of ketones is 1. The van der Waals surface area contributed by atoms with Crippen molar-refractivity contribution in [1.82, 2.24) is 3.97 Å². The lowest BCUT2D eigenvalue weighted by atomic mass is 9.87. The standard InChI is InChI=1S/C21H19NO3S/c1-14-8-10-17(11-9-14)26(24,25)22-13-12-18-19(15(2)21(23)20(18)22)16-6-4-3-5-7-16/h3-13,15,19H,1-2H3/t15-,19+/m0/s1. The third-order valence-corrected chi connectivity index (χ3v) is 6.79. The molecular formula is C21H19NO3S. The van der Waals surface area contributed by atoms with Crippen LogP contribution in [0.3, 0.4) is 0 Å². The Labute approximate surface area is 153 Å². The molecule has 0 amide bonds. The Morgan fingerprint density at radius 1 is 0.923 bits per heavy atom. The van der Waals surface area contributed by atoms with Crippen LogP contribution in [-0.4, -0.2) is 18.2 Å². The summed E-state index contributed by atoms with van der Waals surface area (Å²) in [6.45, 7) is 3.77. The number of rotatable bonds is 3. The fraction of sp³-hybridized carbons (Fsp3) is 0.190. The van der Waals surface area contributed by atoms with Crippen LogP contribution in [0, 0.1) is 12.8 Å². The number of aromatic nitrogens is 1. The van der Waals surface area contributed by atoms with Crippen LogP contribution in [0.1, 0.15) is 40.0 Å². The largest absolute Gasteiger partial charge is 0.292 e. The minimum atomic E-state index is -3.80. The molecule has 5 heteroatoms. The van der Waals surface area contributed by atoms with Crippen LogP contribution >= 0.6 is 0 Å². The van der Waals surface area contributed by atoms with E-state index in [1.165, 1.54) is 6.20 Å². The van der Waals surface area contributed by atoms with E-state index in [4.69, 9.17) is 0 Å². The lowest BCUT2D eigenvalue weighted by Crippen LogP contribution is -2.19. The van der Waals surface area contributed by atoms with Crippen LogP contribution in [0.4, 0.5) is 0 Å². The van der Waals surface area contributed by atoms with Crippen molar-refractivity contribution in [2.24, 2.45) is 5.92 Å². The number of nitrogens with zero attached hydrogens (tertiary/aromatic N) is 1. The summed E-state index contributed by atoms with van der Waals surface area (Å²) < 4.78 is 27.3. The number of aryl methyl sites for hydroxylation is 1. The topological polar surface area (TPSA) is 56.1 Å².